The van der Waals surface area contributed by atoms with Crippen LogP contribution in [0.1, 0.15) is 30.1 Å². The molecule has 1 rings (SSSR count). The van der Waals surface area contributed by atoms with E-state index in [4.69, 9.17) is 16.7 Å². The number of nitro groups is 1. The van der Waals surface area contributed by atoms with Gasteiger partial charge in [-0.1, -0.05) is 18.5 Å². The van der Waals surface area contributed by atoms with Crippen LogP contribution in [0, 0.1) is 10.1 Å². The maximum absolute atomic E-state index is 11.9. The summed E-state index contributed by atoms with van der Waals surface area (Å²) in [7, 11) is 0. The van der Waals surface area contributed by atoms with Crippen LogP contribution < -0.4 is 5.32 Å². The molecule has 0 saturated carbocycles. The second-order valence-electron chi connectivity index (χ2n) is 4.10. The number of amides is 1. The number of rotatable bonds is 6. The Morgan fingerprint density at radius 3 is 2.65 bits per heavy atom. The topological polar surface area (TPSA) is 110 Å². The van der Waals surface area contributed by atoms with Crippen LogP contribution in [0.4, 0.5) is 5.69 Å². The molecule has 0 aliphatic rings. The minimum atomic E-state index is -1.03. The molecule has 8 heteroatoms. The average Bonchev–Trinajstić information content (AvgIpc) is 2.37. The summed E-state index contributed by atoms with van der Waals surface area (Å²) in [5.74, 6) is -1.60. The summed E-state index contributed by atoms with van der Waals surface area (Å²) in [5, 5.41) is 21.9. The van der Waals surface area contributed by atoms with E-state index < -0.39 is 22.8 Å². The fourth-order valence-corrected chi connectivity index (χ4v) is 1.76. The molecule has 0 aliphatic heterocycles. The second kappa shape index (κ2) is 6.85. The van der Waals surface area contributed by atoms with Crippen molar-refractivity contribution in [1.29, 1.82) is 0 Å². The minimum absolute atomic E-state index is 0.0601. The summed E-state index contributed by atoms with van der Waals surface area (Å²) >= 11 is 5.65. The number of nitrogens with one attached hydrogen (secondary N) is 1. The van der Waals surface area contributed by atoms with Gasteiger partial charge < -0.3 is 10.4 Å². The number of hydrogen-bond donors (Lipinski definition) is 2. The molecule has 0 aliphatic carbocycles. The molecule has 0 spiro atoms. The number of carboxylic acids is 1. The van der Waals surface area contributed by atoms with E-state index in [9.17, 15) is 19.7 Å². The highest BCUT2D eigenvalue weighted by Crippen LogP contribution is 2.25. The number of halogens is 1. The Kier molecular flexibility index (Phi) is 5.45. The van der Waals surface area contributed by atoms with E-state index in [-0.39, 0.29) is 22.7 Å². The van der Waals surface area contributed by atoms with Crippen LogP contribution in [-0.2, 0) is 4.79 Å². The fraction of sp³-hybridized carbons (Fsp3) is 0.333. The Balaban J connectivity index is 2.89. The summed E-state index contributed by atoms with van der Waals surface area (Å²) in [6, 6.07) is 3.13. The van der Waals surface area contributed by atoms with Gasteiger partial charge in [-0.3, -0.25) is 19.7 Å². The van der Waals surface area contributed by atoms with Gasteiger partial charge in [0.15, 0.2) is 0 Å². The standard InChI is InChI=1S/C12H13ClN2O5/c1-2-8(6-11(16)17)14-12(18)7-3-4-9(13)10(5-7)15(19)20/h3-5,8H,2,6H2,1H3,(H,14,18)(H,16,17). The Morgan fingerprint density at radius 1 is 1.50 bits per heavy atom. The molecule has 0 heterocycles. The van der Waals surface area contributed by atoms with Crippen LogP contribution >= 0.6 is 11.6 Å². The largest absolute Gasteiger partial charge is 0.481 e. The molecular formula is C12H13ClN2O5. The number of carboxylic acid groups (broad SMARTS) is 1. The van der Waals surface area contributed by atoms with Crippen molar-refractivity contribution in [2.75, 3.05) is 0 Å². The van der Waals surface area contributed by atoms with Crippen molar-refractivity contribution < 1.29 is 19.6 Å². The highest BCUT2D eigenvalue weighted by molar-refractivity contribution is 6.32. The van der Waals surface area contributed by atoms with Crippen LogP contribution in [0.5, 0.6) is 0 Å². The van der Waals surface area contributed by atoms with Gasteiger partial charge >= 0.3 is 5.97 Å². The first kappa shape index (κ1) is 15.9. The lowest BCUT2D eigenvalue weighted by Gasteiger charge is -2.14. The highest BCUT2D eigenvalue weighted by Gasteiger charge is 2.19. The second-order valence-corrected chi connectivity index (χ2v) is 4.51. The molecule has 20 heavy (non-hydrogen) atoms. The van der Waals surface area contributed by atoms with Gasteiger partial charge in [0.2, 0.25) is 0 Å². The zero-order valence-corrected chi connectivity index (χ0v) is 11.4. The number of aliphatic carboxylic acids is 1. The van der Waals surface area contributed by atoms with Crippen LogP contribution in [0.2, 0.25) is 5.02 Å². The molecule has 1 aromatic carbocycles. The minimum Gasteiger partial charge on any atom is -0.481 e. The first-order valence-electron chi connectivity index (χ1n) is 5.81. The smallest absolute Gasteiger partial charge is 0.305 e. The number of benzene rings is 1. The lowest BCUT2D eigenvalue weighted by atomic mass is 10.1. The number of nitro benzene ring substituents is 1. The molecule has 108 valence electrons. The van der Waals surface area contributed by atoms with Crippen LogP contribution in [0.25, 0.3) is 0 Å². The molecule has 1 atom stereocenters. The summed E-state index contributed by atoms with van der Waals surface area (Å²) in [6.07, 6.45) is 0.228. The number of carbonyl (C=O) groups excluding carboxylic acids is 1. The van der Waals surface area contributed by atoms with E-state index >= 15 is 0 Å². The monoisotopic (exact) mass is 300 g/mol. The lowest BCUT2D eigenvalue weighted by Crippen LogP contribution is -2.36. The predicted molar refractivity (Wildman–Crippen MR) is 71.9 cm³/mol. The van der Waals surface area contributed by atoms with Gasteiger partial charge in [0.25, 0.3) is 11.6 Å². The van der Waals surface area contributed by atoms with Crippen molar-refractivity contribution in [2.24, 2.45) is 0 Å². The van der Waals surface area contributed by atoms with Crippen molar-refractivity contribution >= 4 is 29.2 Å². The van der Waals surface area contributed by atoms with Gasteiger partial charge in [0.05, 0.1) is 11.3 Å². The summed E-state index contributed by atoms with van der Waals surface area (Å²) in [4.78, 5) is 32.6. The Bertz CT molecular complexity index is 547. The zero-order chi connectivity index (χ0) is 15.3. The van der Waals surface area contributed by atoms with E-state index in [1.807, 2.05) is 0 Å². The van der Waals surface area contributed by atoms with Crippen molar-refractivity contribution in [3.63, 3.8) is 0 Å². The zero-order valence-electron chi connectivity index (χ0n) is 10.6. The Hall–Kier alpha value is -2.15. The van der Waals surface area contributed by atoms with Gasteiger partial charge in [0, 0.05) is 17.7 Å². The molecule has 1 amide bonds. The predicted octanol–water partition coefficient (Wildman–Crippen LogP) is 2.23. The third-order valence-electron chi connectivity index (χ3n) is 2.65. The van der Waals surface area contributed by atoms with Gasteiger partial charge in [-0.25, -0.2) is 0 Å². The van der Waals surface area contributed by atoms with Gasteiger partial charge in [0.1, 0.15) is 5.02 Å². The maximum Gasteiger partial charge on any atom is 0.305 e. The van der Waals surface area contributed by atoms with Gasteiger partial charge in [-0.15, -0.1) is 0 Å². The highest BCUT2D eigenvalue weighted by atomic mass is 35.5. The third-order valence-corrected chi connectivity index (χ3v) is 2.97. The van der Waals surface area contributed by atoms with Crippen molar-refractivity contribution in [3.05, 3.63) is 38.9 Å². The van der Waals surface area contributed by atoms with E-state index in [0.717, 1.165) is 6.07 Å². The quantitative estimate of drug-likeness (QED) is 0.618. The first-order valence-corrected chi connectivity index (χ1v) is 6.19. The number of nitrogens with zero attached hydrogens (tertiary/aromatic N) is 1. The van der Waals surface area contributed by atoms with Crippen molar-refractivity contribution in [2.45, 2.75) is 25.8 Å². The molecule has 0 fully saturated rings. The Morgan fingerprint density at radius 2 is 2.15 bits per heavy atom. The van der Waals surface area contributed by atoms with E-state index in [1.165, 1.54) is 12.1 Å². The normalized spacial score (nSPS) is 11.7. The number of hydrogen-bond acceptors (Lipinski definition) is 4. The third kappa shape index (κ3) is 4.20. The molecule has 0 aromatic heterocycles. The molecular weight excluding hydrogens is 288 g/mol. The van der Waals surface area contributed by atoms with Crippen LogP contribution in [0.3, 0.4) is 0 Å². The summed E-state index contributed by atoms with van der Waals surface area (Å²) in [6.45, 7) is 1.73. The molecule has 0 bridgehead atoms. The molecule has 1 unspecified atom stereocenters. The van der Waals surface area contributed by atoms with Crippen LogP contribution in [-0.4, -0.2) is 27.9 Å². The number of carbonyl (C=O) groups is 2. The van der Waals surface area contributed by atoms with Gasteiger partial charge in [-0.05, 0) is 18.6 Å². The van der Waals surface area contributed by atoms with E-state index in [1.54, 1.807) is 6.92 Å². The average molecular weight is 301 g/mol. The van der Waals surface area contributed by atoms with Crippen molar-refractivity contribution in [3.8, 4) is 0 Å². The van der Waals surface area contributed by atoms with Crippen molar-refractivity contribution in [1.82, 2.24) is 5.32 Å². The molecule has 1 aromatic rings. The SMILES string of the molecule is CCC(CC(=O)O)NC(=O)c1ccc(Cl)c([N+](=O)[O-])c1. The maximum atomic E-state index is 11.9. The summed E-state index contributed by atoms with van der Waals surface area (Å²) < 4.78 is 0. The van der Waals surface area contributed by atoms with Crippen LogP contribution in [0.15, 0.2) is 18.2 Å². The van der Waals surface area contributed by atoms with Gasteiger partial charge in [-0.2, -0.15) is 0 Å². The first-order chi connectivity index (χ1) is 9.35. The fourth-order valence-electron chi connectivity index (χ4n) is 1.57. The van der Waals surface area contributed by atoms with E-state index in [2.05, 4.69) is 5.32 Å². The Labute approximate surface area is 119 Å². The van der Waals surface area contributed by atoms with E-state index in [0.29, 0.717) is 6.42 Å². The molecule has 0 radical (unpaired) electrons. The lowest BCUT2D eigenvalue weighted by molar-refractivity contribution is -0.384. The summed E-state index contributed by atoms with van der Waals surface area (Å²) in [5.41, 5.74) is -0.310. The molecule has 2 N–H and O–H groups in total. The molecule has 0 saturated heterocycles. The molecule has 7 nitrogen and oxygen atoms in total.